The lowest BCUT2D eigenvalue weighted by atomic mass is 9.85. The van der Waals surface area contributed by atoms with Crippen LogP contribution in [-0.4, -0.2) is 320 Å². The van der Waals surface area contributed by atoms with Gasteiger partial charge in [-0.1, -0.05) is 113 Å². The Hall–Kier alpha value is -15.8. The zero-order chi connectivity index (χ0) is 111. The van der Waals surface area contributed by atoms with Crippen molar-refractivity contribution >= 4 is 182 Å². The van der Waals surface area contributed by atoms with Gasteiger partial charge in [-0.05, 0) is 78.1 Å². The minimum absolute atomic E-state index is 0.167. The average Bonchev–Trinajstić information content (AvgIpc) is 0.782. The fourth-order valence-corrected chi connectivity index (χ4v) is 17.7. The fraction of sp³-hybridized carbons (Fsp3) is 0.484. The third kappa shape index (κ3) is 38.8. The van der Waals surface area contributed by atoms with Gasteiger partial charge in [0, 0.05) is 82.2 Å². The first-order chi connectivity index (χ1) is 70.7. The molecule has 5 aromatic rings. The summed E-state index contributed by atoms with van der Waals surface area (Å²) in [6, 6.07) is -4.60. The molecule has 2 aliphatic heterocycles. The Balaban J connectivity index is 1.38. The molecule has 28 N–H and O–H groups in total. The molecule has 19 amide bonds. The number of hydrogen-bond acceptors (Lipinski definition) is 31. The van der Waals surface area contributed by atoms with E-state index in [0.29, 0.717) is 65.3 Å². The van der Waals surface area contributed by atoms with Crippen LogP contribution in [0.4, 0.5) is 0 Å². The number of carboxylic acid groups (broad SMARTS) is 4. The van der Waals surface area contributed by atoms with Crippen LogP contribution in [0, 0.1) is 11.3 Å². The van der Waals surface area contributed by atoms with Crippen LogP contribution in [0.15, 0.2) is 111 Å². The van der Waals surface area contributed by atoms with Gasteiger partial charge in [-0.3, -0.25) is 110 Å². The quantitative estimate of drug-likeness (QED) is 0.0324. The summed E-state index contributed by atoms with van der Waals surface area (Å²) in [6.45, 7) is 4.77. The first-order valence-electron chi connectivity index (χ1n) is 46.9. The van der Waals surface area contributed by atoms with Crippen molar-refractivity contribution in [3.8, 4) is 5.75 Å². The molecule has 3 heterocycles. The summed E-state index contributed by atoms with van der Waals surface area (Å²) in [5, 5.41) is 92.4. The summed E-state index contributed by atoms with van der Waals surface area (Å²) >= 11 is 1.92. The van der Waals surface area contributed by atoms with Gasteiger partial charge in [-0.2, -0.15) is 0 Å². The number of carboxylic acids is 4. The molecule has 150 heavy (non-hydrogen) atoms. The third-order valence-electron chi connectivity index (χ3n) is 23.0. The van der Waals surface area contributed by atoms with E-state index in [1.165, 1.54) is 83.1 Å². The highest BCUT2D eigenvalue weighted by molar-refractivity contribution is 8.00. The molecular weight excluding hydrogens is 2030 g/mol. The topological polar surface area (TPSA) is 842 Å². The molecule has 54 nitrogen and oxygen atoms in total. The maximum Gasteiger partial charge on any atom is 0.336 e. The van der Waals surface area contributed by atoms with Gasteiger partial charge in [0.2, 0.25) is 112 Å². The number of nitrogens with two attached hydrogens (primary N) is 3. The number of aromatic hydroxyl groups is 1. The van der Waals surface area contributed by atoms with Crippen molar-refractivity contribution in [1.29, 1.82) is 0 Å². The molecule has 4 bridgehead atoms. The molecule has 0 spiro atoms. The van der Waals surface area contributed by atoms with Gasteiger partial charge in [0.05, 0.1) is 49.0 Å². The molecule has 0 saturated carbocycles. The van der Waals surface area contributed by atoms with Gasteiger partial charge in [-0.25, -0.2) is 28.1 Å². The van der Waals surface area contributed by atoms with E-state index in [1.807, 2.05) is 0 Å². The number of aromatic nitrogens is 3. The number of primary amides is 2. The number of phenolic OH excluding ortho intramolecular Hbond substituents is 1. The summed E-state index contributed by atoms with van der Waals surface area (Å²) in [7, 11) is 0. The van der Waals surface area contributed by atoms with Gasteiger partial charge in [0.15, 0.2) is 0 Å². The standard InChI is InChI=1S/C93H123N23O31S3/c1-45(32-70(124)125)73-88(143)108-58(35-52-18-13-17-51-16-11-12-19-54(51)52)80(135)100-48(4)78(133)111-64-41-150-44-68(121)99-28-31-116-91(146)114(90(145)115(92(116)147)30-27-98-67(120)43-149-40-63(110-76(131)46(2)94)86(141)101-47(3)77(132)103-59(36-65(95)118)84(139)112-73)29-26-97-66(119)42-148-39-62(75(96)130)109-89(144)74(93(5,6)7)113-85(140)61(38-72(128)129)107-82(137)57(34-50-20-22-53(117)23-21-50)104-81(136)56(33-49-14-9-8-10-15-49)105-83(138)60(37-71(126)127)106-79(134)55(102-87(64)142)24-25-69(122)123/h8-23,45-48,55-64,73-74,117H,24-44,94H2,1-7H3,(H2,95,118)(H2,96,130)(H,97,119)(H,98,120)(H,99,121)(H,100,135)(H,101,141)(H,102,142)(H,103,132)(H,104,136)(H,105,138)(H,106,134)(H,107,137)(H,108,143)(H,109,144)(H,110,131)(H,111,133)(H,112,139)(H,113,140)(H,122,123)(H,124,125)(H,126,127)(H,128,129)/t45-,46-,47+,48+,55-,56-,57-,58-,59-,60-,61-,62-,63-,64-,73-,74+/m0/s1. The summed E-state index contributed by atoms with van der Waals surface area (Å²) in [6.07, 6.45) is -8.14. The van der Waals surface area contributed by atoms with E-state index >= 15 is 19.2 Å². The first-order valence-corrected chi connectivity index (χ1v) is 50.4. The van der Waals surface area contributed by atoms with Crippen LogP contribution in [0.1, 0.15) is 104 Å². The van der Waals surface area contributed by atoms with Crippen LogP contribution in [0.2, 0.25) is 0 Å². The average molecular weight is 2160 g/mol. The van der Waals surface area contributed by atoms with Crippen molar-refractivity contribution in [2.24, 2.45) is 28.5 Å². The van der Waals surface area contributed by atoms with E-state index in [1.54, 1.807) is 48.5 Å². The van der Waals surface area contributed by atoms with Gasteiger partial charge < -0.3 is 133 Å². The maximum absolute atomic E-state index is 15.2. The van der Waals surface area contributed by atoms with Gasteiger partial charge in [0.25, 0.3) is 0 Å². The molecule has 0 unspecified atom stereocenters. The minimum atomic E-state index is -2.33. The van der Waals surface area contributed by atoms with E-state index < -0.39 is 387 Å². The van der Waals surface area contributed by atoms with Gasteiger partial charge in [-0.15, -0.1) is 35.3 Å². The third-order valence-corrected chi connectivity index (χ3v) is 26.1. The smallest absolute Gasteiger partial charge is 0.336 e. The SMILES string of the molecule is C[C@H](N)C(=O)N[C@H]1CSCC(=O)NCCn2c(=O)n3c(=O)n(c2=O)CCNC(=O)CSC[C@H](NC(=O)[C@@H](C)NC(=O)[C@H](Cc2cccc4ccccc24)NC(=O)[C@H]([C@@H](C)CC(=O)O)NC(=O)[C@H](CC(N)=O)NC(=O)[C@@H](C)NC1=O)C(=O)N[C@@H](CCC(=O)O)C(=O)N[C@@H](CC(=O)O)C(=O)N[C@@H](Cc1ccccc1)C(=O)N[C@@H](Cc1ccc(O)cc1)C(=O)N[C@@H](CC(=O)O)C(=O)N[C@@H](C(C)(C)C)C(=O)N[C@H](C(N)=O)CSCC(=O)NCC3. The summed E-state index contributed by atoms with van der Waals surface area (Å²) in [5.74, 6) is -35.3. The number of aliphatic carboxylic acids is 4. The molecule has 16 atom stereocenters. The number of thioether (sulfide) groups is 3. The number of phenols is 1. The summed E-state index contributed by atoms with van der Waals surface area (Å²) in [4.78, 5) is 366. The van der Waals surface area contributed by atoms with E-state index in [9.17, 15) is 131 Å². The molecule has 2 aliphatic rings. The van der Waals surface area contributed by atoms with E-state index in [2.05, 4.69) is 90.4 Å². The number of rotatable bonds is 21. The monoisotopic (exact) mass is 2150 g/mol. The molecule has 0 fully saturated rings. The Bertz CT molecular complexity index is 6040. The highest BCUT2D eigenvalue weighted by Crippen LogP contribution is 2.24. The number of hydrogen-bond donors (Lipinski definition) is 25. The van der Waals surface area contributed by atoms with Crippen LogP contribution >= 0.6 is 35.3 Å². The van der Waals surface area contributed by atoms with Crippen LogP contribution in [0.5, 0.6) is 5.75 Å². The Kier molecular flexibility index (Phi) is 46.9. The lowest BCUT2D eigenvalue weighted by Gasteiger charge is -2.33. The Labute approximate surface area is 867 Å². The highest BCUT2D eigenvalue weighted by Gasteiger charge is 2.43. The normalized spacial score (nSPS) is 23.6. The first kappa shape index (κ1) is 121. The Morgan fingerprint density at radius 3 is 1.34 bits per heavy atom. The van der Waals surface area contributed by atoms with E-state index in [0.717, 1.165) is 13.8 Å². The van der Waals surface area contributed by atoms with E-state index in [-0.39, 0.29) is 16.9 Å². The predicted octanol–water partition coefficient (Wildman–Crippen LogP) is -9.16. The summed E-state index contributed by atoms with van der Waals surface area (Å²) in [5.41, 5.74) is 12.5. The zero-order valence-electron chi connectivity index (χ0n) is 82.5. The van der Waals surface area contributed by atoms with Crippen molar-refractivity contribution in [1.82, 2.24) is 104 Å². The maximum atomic E-state index is 15.2. The Morgan fingerprint density at radius 1 is 0.420 bits per heavy atom. The van der Waals surface area contributed by atoms with Crippen molar-refractivity contribution in [3.63, 3.8) is 0 Å². The molecule has 1 aromatic heterocycles. The van der Waals surface area contributed by atoms with Gasteiger partial charge >= 0.3 is 40.9 Å². The predicted molar refractivity (Wildman–Crippen MR) is 537 cm³/mol. The number of fused-ring (bicyclic) bond motifs is 10. The van der Waals surface area contributed by atoms with Crippen molar-refractivity contribution in [3.05, 3.63) is 145 Å². The number of carbonyl (C=O) groups is 23. The van der Waals surface area contributed by atoms with Gasteiger partial charge in [0.1, 0.15) is 90.3 Å². The molecule has 0 aliphatic carbocycles. The van der Waals surface area contributed by atoms with Crippen LogP contribution < -0.4 is 125 Å². The second-order valence-corrected chi connectivity index (χ2v) is 39.3. The number of nitrogens with one attached hydrogen (secondary N) is 17. The van der Waals surface area contributed by atoms with E-state index in [4.69, 9.17) is 17.2 Å². The minimum Gasteiger partial charge on any atom is -0.508 e. The fourth-order valence-electron chi connectivity index (χ4n) is 15.0. The molecule has 7 rings (SSSR count). The number of carbonyl (C=O) groups excluding carboxylic acids is 19. The van der Waals surface area contributed by atoms with Crippen LogP contribution in [0.3, 0.4) is 0 Å². The molecule has 814 valence electrons. The summed E-state index contributed by atoms with van der Waals surface area (Å²) < 4.78 is 1.44. The van der Waals surface area contributed by atoms with Crippen molar-refractivity contribution in [2.75, 3.05) is 54.2 Å². The molecule has 4 aromatic carbocycles. The lowest BCUT2D eigenvalue weighted by Crippen LogP contribution is -2.62. The molecule has 0 radical (unpaired) electrons. The number of nitrogens with zero attached hydrogens (tertiary/aromatic N) is 3. The molecular formula is C93H123N23O31S3. The van der Waals surface area contributed by atoms with Crippen molar-refractivity contribution in [2.45, 2.75) is 217 Å². The van der Waals surface area contributed by atoms with Crippen molar-refractivity contribution < 1.29 is 136 Å². The molecule has 0 saturated heterocycles. The van der Waals surface area contributed by atoms with Crippen LogP contribution in [0.25, 0.3) is 10.8 Å². The zero-order valence-corrected chi connectivity index (χ0v) is 84.9. The number of benzene rings is 4. The van der Waals surface area contributed by atoms with Crippen LogP contribution in [-0.2, 0) is 149 Å². The second-order valence-electron chi connectivity index (χ2n) is 36.2. The second kappa shape index (κ2) is 58.1. The largest absolute Gasteiger partial charge is 0.508 e. The number of amides is 19. The molecule has 57 heteroatoms. The lowest BCUT2D eigenvalue weighted by molar-refractivity contribution is -0.142. The Morgan fingerprint density at radius 2 is 0.840 bits per heavy atom. The highest BCUT2D eigenvalue weighted by atomic mass is 32.2.